The summed E-state index contributed by atoms with van der Waals surface area (Å²) in [5, 5.41) is 7.35. The van der Waals surface area contributed by atoms with Gasteiger partial charge in [0.15, 0.2) is 0 Å². The largest absolute Gasteiger partial charge is 0.427 e. The van der Waals surface area contributed by atoms with Gasteiger partial charge in [-0.2, -0.15) is 5.10 Å². The van der Waals surface area contributed by atoms with Crippen LogP contribution in [-0.4, -0.2) is 21.7 Å². The number of hydrogen-bond donors (Lipinski definition) is 1. The molecule has 1 amide bonds. The van der Waals surface area contributed by atoms with Crippen molar-refractivity contribution in [3.8, 4) is 22.7 Å². The molecule has 4 aromatic rings. The Hall–Kier alpha value is -4.33. The SMILES string of the molecule is CC(=O)Oc1ccc(-n2nc(CCC(=O)NCc3ccccc3F)cc2-c2cccc(F)c2)cc1. The fraction of sp³-hybridized carbons (Fsp3) is 0.148. The minimum atomic E-state index is -0.423. The standard InChI is InChI=1S/C27H23F2N3O3/c1-18(33)35-24-12-10-23(11-13-24)32-26(19-6-4-7-21(28)15-19)16-22(31-32)9-14-27(34)30-17-20-5-2-3-8-25(20)29/h2-8,10-13,15-16H,9,14,17H2,1H3,(H,30,34). The number of rotatable bonds is 8. The van der Waals surface area contributed by atoms with E-state index in [1.807, 2.05) is 0 Å². The highest BCUT2D eigenvalue weighted by molar-refractivity contribution is 5.76. The van der Waals surface area contributed by atoms with Gasteiger partial charge < -0.3 is 10.1 Å². The van der Waals surface area contributed by atoms with Crippen LogP contribution in [-0.2, 0) is 22.6 Å². The van der Waals surface area contributed by atoms with E-state index in [4.69, 9.17) is 4.74 Å². The zero-order chi connectivity index (χ0) is 24.8. The number of amides is 1. The number of nitrogens with zero attached hydrogens (tertiary/aromatic N) is 2. The van der Waals surface area contributed by atoms with Crippen LogP contribution in [0.3, 0.4) is 0 Å². The molecule has 4 rings (SSSR count). The van der Waals surface area contributed by atoms with Crippen molar-refractivity contribution in [3.05, 3.63) is 102 Å². The molecule has 0 bridgehead atoms. The molecule has 6 nitrogen and oxygen atoms in total. The van der Waals surface area contributed by atoms with Crippen LogP contribution in [0.5, 0.6) is 5.75 Å². The number of hydrogen-bond acceptors (Lipinski definition) is 4. The van der Waals surface area contributed by atoms with Crippen LogP contribution in [0.4, 0.5) is 8.78 Å². The Morgan fingerprint density at radius 3 is 2.46 bits per heavy atom. The van der Waals surface area contributed by atoms with Gasteiger partial charge in [-0.05, 0) is 48.5 Å². The van der Waals surface area contributed by atoms with E-state index in [0.717, 1.165) is 0 Å². The van der Waals surface area contributed by atoms with Gasteiger partial charge in [-0.25, -0.2) is 13.5 Å². The summed E-state index contributed by atoms with van der Waals surface area (Å²) < 4.78 is 34.4. The molecule has 0 saturated heterocycles. The topological polar surface area (TPSA) is 73.2 Å². The summed E-state index contributed by atoms with van der Waals surface area (Å²) in [5.41, 5.74) is 2.99. The zero-order valence-corrected chi connectivity index (χ0v) is 19.0. The molecule has 1 N–H and O–H groups in total. The smallest absolute Gasteiger partial charge is 0.308 e. The van der Waals surface area contributed by atoms with Crippen molar-refractivity contribution in [3.63, 3.8) is 0 Å². The second kappa shape index (κ2) is 10.7. The van der Waals surface area contributed by atoms with Crippen LogP contribution in [0.25, 0.3) is 16.9 Å². The minimum absolute atomic E-state index is 0.100. The lowest BCUT2D eigenvalue weighted by Crippen LogP contribution is -2.23. The number of esters is 1. The molecule has 0 fully saturated rings. The zero-order valence-electron chi connectivity index (χ0n) is 19.0. The Balaban J connectivity index is 1.52. The van der Waals surface area contributed by atoms with E-state index in [1.165, 1.54) is 25.1 Å². The van der Waals surface area contributed by atoms with Crippen LogP contribution in [0.15, 0.2) is 78.9 Å². The second-order valence-corrected chi connectivity index (χ2v) is 7.90. The fourth-order valence-corrected chi connectivity index (χ4v) is 3.59. The summed E-state index contributed by atoms with van der Waals surface area (Å²) >= 11 is 0. The number of carbonyl (C=O) groups excluding carboxylic acids is 2. The molecule has 1 heterocycles. The molecule has 1 aromatic heterocycles. The Bertz CT molecular complexity index is 1350. The summed E-state index contributed by atoms with van der Waals surface area (Å²) in [7, 11) is 0. The van der Waals surface area contributed by atoms with Crippen molar-refractivity contribution in [2.75, 3.05) is 0 Å². The second-order valence-electron chi connectivity index (χ2n) is 7.90. The number of ether oxygens (including phenoxy) is 1. The van der Waals surface area contributed by atoms with Crippen molar-refractivity contribution in [2.45, 2.75) is 26.3 Å². The van der Waals surface area contributed by atoms with E-state index in [0.29, 0.717) is 40.4 Å². The monoisotopic (exact) mass is 475 g/mol. The molecule has 0 atom stereocenters. The van der Waals surface area contributed by atoms with E-state index in [9.17, 15) is 18.4 Å². The number of halogens is 2. The third-order valence-corrected chi connectivity index (χ3v) is 5.27. The Kier molecular flexibility index (Phi) is 7.30. The first-order valence-corrected chi connectivity index (χ1v) is 11.0. The third kappa shape index (κ3) is 6.17. The van der Waals surface area contributed by atoms with Crippen LogP contribution in [0, 0.1) is 11.6 Å². The lowest BCUT2D eigenvalue weighted by molar-refractivity contribution is -0.131. The summed E-state index contributed by atoms with van der Waals surface area (Å²) in [5.74, 6) is -1.01. The average molecular weight is 475 g/mol. The van der Waals surface area contributed by atoms with Gasteiger partial charge >= 0.3 is 5.97 Å². The van der Waals surface area contributed by atoms with Gasteiger partial charge in [0.2, 0.25) is 5.91 Å². The molecule has 0 unspecified atom stereocenters. The molecule has 0 aliphatic rings. The minimum Gasteiger partial charge on any atom is -0.427 e. The fourth-order valence-electron chi connectivity index (χ4n) is 3.59. The van der Waals surface area contributed by atoms with Crippen molar-refractivity contribution in [1.82, 2.24) is 15.1 Å². The molecule has 8 heteroatoms. The molecule has 178 valence electrons. The highest BCUT2D eigenvalue weighted by Gasteiger charge is 2.14. The third-order valence-electron chi connectivity index (χ3n) is 5.27. The van der Waals surface area contributed by atoms with Gasteiger partial charge in [0, 0.05) is 37.4 Å². The van der Waals surface area contributed by atoms with Gasteiger partial charge in [-0.3, -0.25) is 9.59 Å². The van der Waals surface area contributed by atoms with E-state index in [2.05, 4.69) is 10.4 Å². The number of benzene rings is 3. The maximum Gasteiger partial charge on any atom is 0.308 e. The summed E-state index contributed by atoms with van der Waals surface area (Å²) in [6, 6.07) is 21.0. The summed E-state index contributed by atoms with van der Waals surface area (Å²) in [4.78, 5) is 23.5. The Morgan fingerprint density at radius 2 is 1.74 bits per heavy atom. The van der Waals surface area contributed by atoms with Crippen molar-refractivity contribution in [1.29, 1.82) is 0 Å². The number of aromatic nitrogens is 2. The van der Waals surface area contributed by atoms with E-state index in [1.54, 1.807) is 65.3 Å². The van der Waals surface area contributed by atoms with Crippen LogP contribution in [0.1, 0.15) is 24.6 Å². The van der Waals surface area contributed by atoms with Gasteiger partial charge in [0.1, 0.15) is 17.4 Å². The van der Waals surface area contributed by atoms with Gasteiger partial charge in [-0.15, -0.1) is 0 Å². The normalized spacial score (nSPS) is 10.7. The van der Waals surface area contributed by atoms with Crippen LogP contribution >= 0.6 is 0 Å². The number of nitrogens with one attached hydrogen (secondary N) is 1. The van der Waals surface area contributed by atoms with E-state index < -0.39 is 5.97 Å². The molecule has 35 heavy (non-hydrogen) atoms. The molecule has 0 spiro atoms. The van der Waals surface area contributed by atoms with Gasteiger partial charge in [0.25, 0.3) is 0 Å². The van der Waals surface area contributed by atoms with Gasteiger partial charge in [-0.1, -0.05) is 30.3 Å². The maximum atomic E-state index is 13.9. The molecule has 0 saturated carbocycles. The molecule has 3 aromatic carbocycles. The van der Waals surface area contributed by atoms with E-state index >= 15 is 0 Å². The Morgan fingerprint density at radius 1 is 0.971 bits per heavy atom. The summed E-state index contributed by atoms with van der Waals surface area (Å²) in [6.45, 7) is 1.42. The van der Waals surface area contributed by atoms with Crippen LogP contribution < -0.4 is 10.1 Å². The lowest BCUT2D eigenvalue weighted by Gasteiger charge is -2.09. The molecule has 0 aliphatic heterocycles. The molecule has 0 aliphatic carbocycles. The Labute approximate surface area is 201 Å². The first-order valence-electron chi connectivity index (χ1n) is 11.0. The molecular formula is C27H23F2N3O3. The van der Waals surface area contributed by atoms with Crippen molar-refractivity contribution in [2.24, 2.45) is 0 Å². The van der Waals surface area contributed by atoms with E-state index in [-0.39, 0.29) is 30.5 Å². The first kappa shape index (κ1) is 23.8. The summed E-state index contributed by atoms with van der Waals surface area (Å²) in [6.07, 6.45) is 0.489. The van der Waals surface area contributed by atoms with Crippen molar-refractivity contribution >= 4 is 11.9 Å². The molecule has 0 radical (unpaired) electrons. The van der Waals surface area contributed by atoms with Gasteiger partial charge in [0.05, 0.1) is 17.1 Å². The van der Waals surface area contributed by atoms with Crippen LogP contribution in [0.2, 0.25) is 0 Å². The predicted molar refractivity (Wildman–Crippen MR) is 127 cm³/mol. The highest BCUT2D eigenvalue weighted by Crippen LogP contribution is 2.26. The van der Waals surface area contributed by atoms with Crippen molar-refractivity contribution < 1.29 is 23.1 Å². The number of carbonyl (C=O) groups is 2. The number of aryl methyl sites for hydroxylation is 1. The average Bonchev–Trinajstić information content (AvgIpc) is 3.27. The predicted octanol–water partition coefficient (Wildman–Crippen LogP) is 4.99. The maximum absolute atomic E-state index is 13.9. The first-order chi connectivity index (χ1) is 16.9. The highest BCUT2D eigenvalue weighted by atomic mass is 19.1. The molecular weight excluding hydrogens is 452 g/mol. The quantitative estimate of drug-likeness (QED) is 0.288. The lowest BCUT2D eigenvalue weighted by atomic mass is 10.1.